The number of nitrogens with zero attached hydrogens (tertiary/aromatic N) is 2. The van der Waals surface area contributed by atoms with Crippen LogP contribution < -0.4 is 16.6 Å². The summed E-state index contributed by atoms with van der Waals surface area (Å²) in [7, 11) is 0. The molecular weight excluding hydrogens is 356 g/mol. The molecule has 0 saturated carbocycles. The van der Waals surface area contributed by atoms with Crippen LogP contribution in [0.3, 0.4) is 0 Å². The van der Waals surface area contributed by atoms with Crippen LogP contribution in [-0.4, -0.2) is 46.5 Å². The molecule has 0 bridgehead atoms. The number of hydrogen-bond acceptors (Lipinski definition) is 4. The van der Waals surface area contributed by atoms with Gasteiger partial charge in [0, 0.05) is 13.1 Å². The number of hydrogen-bond donors (Lipinski definition) is 2. The molecule has 2 heterocycles. The molecular formula is C18H25ClN4O3. The zero-order valence-electron chi connectivity index (χ0n) is 14.9. The first kappa shape index (κ1) is 20.2. The Morgan fingerprint density at radius 3 is 2.62 bits per heavy atom. The number of fused-ring (bicyclic) bond motifs is 1. The van der Waals surface area contributed by atoms with Gasteiger partial charge in [-0.3, -0.25) is 14.2 Å². The summed E-state index contributed by atoms with van der Waals surface area (Å²) in [5.74, 6) is 0.403. The summed E-state index contributed by atoms with van der Waals surface area (Å²) in [5.41, 5.74) is -0.473. The predicted molar refractivity (Wildman–Crippen MR) is 104 cm³/mol. The number of aromatic amines is 1. The van der Waals surface area contributed by atoms with E-state index in [2.05, 4.69) is 17.2 Å². The zero-order chi connectivity index (χ0) is 17.8. The number of halogens is 1. The minimum atomic E-state index is -0.543. The molecule has 2 aromatic rings. The fraction of sp³-hybridized carbons (Fsp3) is 0.500. The summed E-state index contributed by atoms with van der Waals surface area (Å²) in [6.07, 6.45) is 1.89. The third-order valence-corrected chi connectivity index (χ3v) is 4.83. The Morgan fingerprint density at radius 1 is 1.23 bits per heavy atom. The highest BCUT2D eigenvalue weighted by atomic mass is 35.5. The number of amides is 1. The number of para-hydroxylation sites is 1. The zero-order valence-corrected chi connectivity index (χ0v) is 15.7. The maximum absolute atomic E-state index is 12.5. The van der Waals surface area contributed by atoms with Crippen LogP contribution >= 0.6 is 12.4 Å². The van der Waals surface area contributed by atoms with Crippen LogP contribution in [0.5, 0.6) is 0 Å². The second-order valence-corrected chi connectivity index (χ2v) is 6.50. The molecule has 0 atom stereocenters. The van der Waals surface area contributed by atoms with Crippen LogP contribution in [0.4, 0.5) is 0 Å². The Labute approximate surface area is 157 Å². The summed E-state index contributed by atoms with van der Waals surface area (Å²) in [5, 5.41) is 3.76. The summed E-state index contributed by atoms with van der Waals surface area (Å²) >= 11 is 0. The minimum Gasteiger partial charge on any atom is -0.341 e. The smallest absolute Gasteiger partial charge is 0.329 e. The van der Waals surface area contributed by atoms with Crippen LogP contribution in [0.15, 0.2) is 33.9 Å². The van der Waals surface area contributed by atoms with E-state index < -0.39 is 11.2 Å². The molecule has 1 aromatic carbocycles. The summed E-state index contributed by atoms with van der Waals surface area (Å²) < 4.78 is 0.995. The van der Waals surface area contributed by atoms with Gasteiger partial charge in [0.05, 0.1) is 10.9 Å². The highest BCUT2D eigenvalue weighted by molar-refractivity contribution is 5.85. The van der Waals surface area contributed by atoms with E-state index >= 15 is 0 Å². The van der Waals surface area contributed by atoms with E-state index in [1.165, 1.54) is 0 Å². The van der Waals surface area contributed by atoms with Gasteiger partial charge in [-0.2, -0.15) is 0 Å². The van der Waals surface area contributed by atoms with E-state index in [-0.39, 0.29) is 24.9 Å². The van der Waals surface area contributed by atoms with Gasteiger partial charge in [-0.05, 0) is 44.0 Å². The molecule has 26 heavy (non-hydrogen) atoms. The first-order valence-electron chi connectivity index (χ1n) is 8.80. The molecule has 0 spiro atoms. The molecule has 142 valence electrons. The van der Waals surface area contributed by atoms with Gasteiger partial charge in [-0.25, -0.2) is 4.79 Å². The van der Waals surface area contributed by atoms with E-state index in [0.29, 0.717) is 29.9 Å². The fourth-order valence-corrected chi connectivity index (χ4v) is 3.31. The Bertz CT molecular complexity index is 869. The average Bonchev–Trinajstić information content (AvgIpc) is 2.63. The van der Waals surface area contributed by atoms with Gasteiger partial charge < -0.3 is 15.2 Å². The normalized spacial score (nSPS) is 15.0. The van der Waals surface area contributed by atoms with Crippen molar-refractivity contribution >= 4 is 29.2 Å². The SMILES string of the molecule is CCNCC1CCN(C(=O)Cn2c(=O)[nH]c3ccccc3c2=O)CC1.Cl. The van der Waals surface area contributed by atoms with Crippen molar-refractivity contribution in [3.05, 3.63) is 45.1 Å². The van der Waals surface area contributed by atoms with Crippen LogP contribution in [0.2, 0.25) is 0 Å². The molecule has 1 amide bonds. The second-order valence-electron chi connectivity index (χ2n) is 6.50. The Kier molecular flexibility index (Phi) is 6.99. The van der Waals surface area contributed by atoms with Gasteiger partial charge in [0.25, 0.3) is 5.56 Å². The maximum Gasteiger partial charge on any atom is 0.329 e. The predicted octanol–water partition coefficient (Wildman–Crippen LogP) is 0.960. The molecule has 1 aliphatic heterocycles. The van der Waals surface area contributed by atoms with Gasteiger partial charge in [0.15, 0.2) is 0 Å². The number of likely N-dealkylation sites (tertiary alicyclic amines) is 1. The minimum absolute atomic E-state index is 0. The van der Waals surface area contributed by atoms with Gasteiger partial charge >= 0.3 is 5.69 Å². The fourth-order valence-electron chi connectivity index (χ4n) is 3.31. The molecule has 1 saturated heterocycles. The van der Waals surface area contributed by atoms with Crippen molar-refractivity contribution in [3.63, 3.8) is 0 Å². The lowest BCUT2D eigenvalue weighted by Crippen LogP contribution is -2.45. The number of rotatable bonds is 5. The molecule has 7 nitrogen and oxygen atoms in total. The third-order valence-electron chi connectivity index (χ3n) is 4.83. The van der Waals surface area contributed by atoms with Gasteiger partial charge in [-0.15, -0.1) is 12.4 Å². The molecule has 1 aromatic heterocycles. The van der Waals surface area contributed by atoms with Crippen LogP contribution in [0.25, 0.3) is 10.9 Å². The molecule has 3 rings (SSSR count). The summed E-state index contributed by atoms with van der Waals surface area (Å²) in [6, 6.07) is 6.83. The van der Waals surface area contributed by atoms with E-state index in [4.69, 9.17) is 0 Å². The van der Waals surface area contributed by atoms with Gasteiger partial charge in [-0.1, -0.05) is 19.1 Å². The average molecular weight is 381 g/mol. The number of piperidine rings is 1. The van der Waals surface area contributed by atoms with Crippen LogP contribution in [0, 0.1) is 5.92 Å². The van der Waals surface area contributed by atoms with Crippen molar-refractivity contribution in [3.8, 4) is 0 Å². The lowest BCUT2D eigenvalue weighted by molar-refractivity contribution is -0.133. The lowest BCUT2D eigenvalue weighted by Gasteiger charge is -2.32. The number of nitrogens with one attached hydrogen (secondary N) is 2. The van der Waals surface area contributed by atoms with Crippen LogP contribution in [-0.2, 0) is 11.3 Å². The number of aromatic nitrogens is 2. The third kappa shape index (κ3) is 4.34. The van der Waals surface area contributed by atoms with E-state index in [9.17, 15) is 14.4 Å². The monoisotopic (exact) mass is 380 g/mol. The van der Waals surface area contributed by atoms with E-state index in [1.807, 2.05) is 0 Å². The molecule has 1 aliphatic rings. The first-order valence-corrected chi connectivity index (χ1v) is 8.80. The van der Waals surface area contributed by atoms with Gasteiger partial charge in [0.2, 0.25) is 5.91 Å². The maximum atomic E-state index is 12.5. The van der Waals surface area contributed by atoms with Crippen molar-refractivity contribution in [1.29, 1.82) is 0 Å². The van der Waals surface area contributed by atoms with Crippen molar-refractivity contribution in [2.75, 3.05) is 26.2 Å². The Hall–Kier alpha value is -2.12. The van der Waals surface area contributed by atoms with Gasteiger partial charge in [0.1, 0.15) is 6.54 Å². The molecule has 0 radical (unpaired) electrons. The quantitative estimate of drug-likeness (QED) is 0.808. The number of carbonyl (C=O) groups is 1. The lowest BCUT2D eigenvalue weighted by atomic mass is 9.97. The Morgan fingerprint density at radius 2 is 1.92 bits per heavy atom. The largest absolute Gasteiger partial charge is 0.341 e. The number of benzene rings is 1. The van der Waals surface area contributed by atoms with Crippen molar-refractivity contribution < 1.29 is 4.79 Å². The van der Waals surface area contributed by atoms with Crippen molar-refractivity contribution in [1.82, 2.24) is 19.8 Å². The summed E-state index contributed by atoms with van der Waals surface area (Å²) in [4.78, 5) is 41.6. The van der Waals surface area contributed by atoms with Crippen molar-refractivity contribution in [2.24, 2.45) is 5.92 Å². The van der Waals surface area contributed by atoms with E-state index in [0.717, 1.165) is 30.5 Å². The van der Waals surface area contributed by atoms with Crippen LogP contribution in [0.1, 0.15) is 19.8 Å². The highest BCUT2D eigenvalue weighted by Crippen LogP contribution is 2.16. The first-order chi connectivity index (χ1) is 12.1. The highest BCUT2D eigenvalue weighted by Gasteiger charge is 2.23. The second kappa shape index (κ2) is 9.00. The molecule has 0 unspecified atom stereocenters. The Balaban J connectivity index is 0.00000243. The molecule has 1 fully saturated rings. The standard InChI is InChI=1S/C18H24N4O3.ClH/c1-2-19-11-13-7-9-21(10-8-13)16(23)12-22-17(24)14-5-3-4-6-15(14)20-18(22)25;/h3-6,13,19H,2,7-12H2,1H3,(H,20,25);1H. The van der Waals surface area contributed by atoms with E-state index in [1.54, 1.807) is 29.2 Å². The van der Waals surface area contributed by atoms with Crippen molar-refractivity contribution in [2.45, 2.75) is 26.3 Å². The molecule has 0 aliphatic carbocycles. The number of carbonyl (C=O) groups excluding carboxylic acids is 1. The number of H-pyrrole nitrogens is 1. The molecule has 2 N–H and O–H groups in total. The molecule has 8 heteroatoms. The summed E-state index contributed by atoms with van der Waals surface area (Å²) in [6.45, 7) is 5.15. The topological polar surface area (TPSA) is 87.2 Å².